The van der Waals surface area contributed by atoms with Crippen molar-refractivity contribution in [2.24, 2.45) is 0 Å². The number of halogens is 3. The van der Waals surface area contributed by atoms with Gasteiger partial charge in [-0.1, -0.05) is 6.07 Å². The number of ether oxygens (including phenoxy) is 1. The molecule has 0 unspecified atom stereocenters. The van der Waals surface area contributed by atoms with Gasteiger partial charge in [0.05, 0.1) is 29.5 Å². The van der Waals surface area contributed by atoms with Gasteiger partial charge in [0.15, 0.2) is 0 Å². The summed E-state index contributed by atoms with van der Waals surface area (Å²) in [5, 5.41) is 27.4. The van der Waals surface area contributed by atoms with Crippen molar-refractivity contribution in [3.63, 3.8) is 0 Å². The Kier molecular flexibility index (Phi) is 6.34. The fraction of sp³-hybridized carbons (Fsp3) is 0.136. The highest BCUT2D eigenvalue weighted by atomic mass is 19.4. The Morgan fingerprint density at radius 1 is 1.10 bits per heavy atom. The second-order valence-corrected chi connectivity index (χ2v) is 6.41. The van der Waals surface area contributed by atoms with E-state index in [2.05, 4.69) is 4.98 Å². The van der Waals surface area contributed by atoms with Crippen molar-refractivity contribution in [1.82, 2.24) is 4.98 Å². The first-order valence-corrected chi connectivity index (χ1v) is 8.92. The number of Topliss-reactive ketones (excluding diaryl/α,β-unsaturated/α-hetero) is 1. The first-order valence-electron chi connectivity index (χ1n) is 8.92. The topological polar surface area (TPSA) is 103 Å². The third-order valence-corrected chi connectivity index (χ3v) is 4.28. The number of nitriles is 1. The van der Waals surface area contributed by atoms with Gasteiger partial charge in [-0.3, -0.25) is 4.79 Å². The predicted molar refractivity (Wildman–Crippen MR) is 103 cm³/mol. The molecule has 2 aromatic carbocycles. The molecule has 0 aliphatic carbocycles. The second-order valence-electron chi connectivity index (χ2n) is 6.41. The van der Waals surface area contributed by atoms with Gasteiger partial charge in [-0.2, -0.15) is 18.4 Å². The Balaban J connectivity index is 1.80. The van der Waals surface area contributed by atoms with Crippen LogP contribution in [0.3, 0.4) is 0 Å². The number of hydrogen-bond acceptors (Lipinski definition) is 6. The van der Waals surface area contributed by atoms with E-state index in [0.29, 0.717) is 17.0 Å². The van der Waals surface area contributed by atoms with E-state index in [-0.39, 0.29) is 11.4 Å². The van der Waals surface area contributed by atoms with Crippen molar-refractivity contribution in [3.8, 4) is 28.8 Å². The molecule has 0 radical (unpaired) electrons. The number of pyridine rings is 1. The van der Waals surface area contributed by atoms with Crippen molar-refractivity contribution >= 4 is 5.78 Å². The van der Waals surface area contributed by atoms with E-state index in [9.17, 15) is 23.1 Å². The monoisotopic (exact) mass is 428 g/mol. The highest BCUT2D eigenvalue weighted by Crippen LogP contribution is 2.34. The standard InChI is InChI=1S/C22H15F3N2O4/c23-22(24,25)17-9-8-16(10-14(17)11-26)31-15-6-4-13(5-7-15)18-2-1-3-19(27-18)21(30)20(29)12-28/h1-10,20,28-29H,12H2/t20-/m1/s1. The lowest BCUT2D eigenvalue weighted by molar-refractivity contribution is -0.137. The maximum atomic E-state index is 12.9. The molecule has 1 heterocycles. The van der Waals surface area contributed by atoms with Crippen molar-refractivity contribution in [2.75, 3.05) is 6.61 Å². The number of rotatable bonds is 6. The fourth-order valence-electron chi connectivity index (χ4n) is 2.74. The highest BCUT2D eigenvalue weighted by molar-refractivity contribution is 5.98. The number of aromatic nitrogens is 1. The molecule has 6 nitrogen and oxygen atoms in total. The van der Waals surface area contributed by atoms with E-state index in [0.717, 1.165) is 18.2 Å². The third kappa shape index (κ3) is 5.06. The molecule has 1 atom stereocenters. The Morgan fingerprint density at radius 3 is 2.39 bits per heavy atom. The van der Waals surface area contributed by atoms with Crippen LogP contribution in [0.4, 0.5) is 13.2 Å². The minimum atomic E-state index is -4.64. The van der Waals surface area contributed by atoms with Gasteiger partial charge in [0.1, 0.15) is 23.3 Å². The van der Waals surface area contributed by atoms with Crippen LogP contribution in [-0.2, 0) is 6.18 Å². The number of ketones is 1. The van der Waals surface area contributed by atoms with E-state index >= 15 is 0 Å². The number of hydrogen-bond donors (Lipinski definition) is 2. The van der Waals surface area contributed by atoms with E-state index < -0.39 is 35.8 Å². The Hall–Kier alpha value is -3.74. The smallest absolute Gasteiger partial charge is 0.417 e. The predicted octanol–water partition coefficient (Wildman–Crippen LogP) is 3.97. The lowest BCUT2D eigenvalue weighted by atomic mass is 10.1. The minimum Gasteiger partial charge on any atom is -0.457 e. The summed E-state index contributed by atoms with van der Waals surface area (Å²) in [6, 6.07) is 15.4. The Morgan fingerprint density at radius 2 is 1.77 bits per heavy atom. The van der Waals surface area contributed by atoms with Crippen LogP contribution in [0.1, 0.15) is 21.6 Å². The van der Waals surface area contributed by atoms with Gasteiger partial charge in [0, 0.05) is 5.56 Å². The molecule has 0 spiro atoms. The molecule has 0 fully saturated rings. The molecule has 0 bridgehead atoms. The summed E-state index contributed by atoms with van der Waals surface area (Å²) in [6.45, 7) is -0.714. The largest absolute Gasteiger partial charge is 0.457 e. The third-order valence-electron chi connectivity index (χ3n) is 4.28. The van der Waals surface area contributed by atoms with E-state index in [1.807, 2.05) is 0 Å². The maximum absolute atomic E-state index is 12.9. The summed E-state index contributed by atoms with van der Waals surface area (Å²) in [5.74, 6) is -0.323. The maximum Gasteiger partial charge on any atom is 0.417 e. The number of carbonyl (C=O) groups is 1. The highest BCUT2D eigenvalue weighted by Gasteiger charge is 2.33. The van der Waals surface area contributed by atoms with Crippen molar-refractivity contribution in [1.29, 1.82) is 5.26 Å². The van der Waals surface area contributed by atoms with E-state index in [4.69, 9.17) is 15.1 Å². The molecule has 2 N–H and O–H groups in total. The number of alkyl halides is 3. The molecule has 9 heteroatoms. The Labute approximate surface area is 174 Å². The summed E-state index contributed by atoms with van der Waals surface area (Å²) in [6.07, 6.45) is -6.19. The van der Waals surface area contributed by atoms with Gasteiger partial charge in [-0.25, -0.2) is 4.98 Å². The fourth-order valence-corrected chi connectivity index (χ4v) is 2.74. The zero-order valence-electron chi connectivity index (χ0n) is 15.8. The van der Waals surface area contributed by atoms with Crippen LogP contribution in [0, 0.1) is 11.3 Å². The minimum absolute atomic E-state index is 0.00633. The van der Waals surface area contributed by atoms with Gasteiger partial charge in [-0.15, -0.1) is 0 Å². The lowest BCUT2D eigenvalue weighted by Crippen LogP contribution is -2.25. The van der Waals surface area contributed by atoms with Crippen LogP contribution in [0.15, 0.2) is 60.7 Å². The summed E-state index contributed by atoms with van der Waals surface area (Å²) >= 11 is 0. The molecule has 0 aliphatic rings. The lowest BCUT2D eigenvalue weighted by Gasteiger charge is -2.11. The molecule has 158 valence electrons. The summed E-state index contributed by atoms with van der Waals surface area (Å²) < 4.78 is 44.2. The molecule has 0 aliphatic heterocycles. The van der Waals surface area contributed by atoms with Crippen molar-refractivity contribution in [2.45, 2.75) is 12.3 Å². The first kappa shape index (κ1) is 22.0. The van der Waals surface area contributed by atoms with Crippen molar-refractivity contribution < 1.29 is 32.9 Å². The normalized spacial score (nSPS) is 12.1. The molecule has 1 aromatic heterocycles. The van der Waals surface area contributed by atoms with E-state index in [1.165, 1.54) is 12.1 Å². The summed E-state index contributed by atoms with van der Waals surface area (Å²) in [4.78, 5) is 16.1. The number of carbonyl (C=O) groups excluding carboxylic acids is 1. The molecular weight excluding hydrogens is 413 g/mol. The quantitative estimate of drug-likeness (QED) is 0.576. The van der Waals surface area contributed by atoms with Crippen LogP contribution in [0.5, 0.6) is 11.5 Å². The number of nitrogens with zero attached hydrogens (tertiary/aromatic N) is 2. The van der Waals surface area contributed by atoms with Crippen LogP contribution in [0.25, 0.3) is 11.3 Å². The van der Waals surface area contributed by atoms with Gasteiger partial charge in [0.2, 0.25) is 5.78 Å². The van der Waals surface area contributed by atoms with Crippen molar-refractivity contribution in [3.05, 3.63) is 77.5 Å². The number of aliphatic hydroxyl groups is 2. The number of aliphatic hydroxyl groups excluding tert-OH is 2. The Bertz CT molecular complexity index is 1140. The molecule has 0 saturated heterocycles. The summed E-state index contributed by atoms with van der Waals surface area (Å²) in [7, 11) is 0. The van der Waals surface area contributed by atoms with E-state index in [1.54, 1.807) is 36.4 Å². The summed E-state index contributed by atoms with van der Waals surface area (Å²) in [5.41, 5.74) is -0.537. The second kappa shape index (κ2) is 8.95. The van der Waals surface area contributed by atoms with Gasteiger partial charge < -0.3 is 14.9 Å². The van der Waals surface area contributed by atoms with Crippen LogP contribution >= 0.6 is 0 Å². The van der Waals surface area contributed by atoms with Crippen LogP contribution in [0.2, 0.25) is 0 Å². The SMILES string of the molecule is N#Cc1cc(Oc2ccc(-c3cccc(C(=O)[C@H](O)CO)n3)cc2)ccc1C(F)(F)F. The molecular formula is C22H15F3N2O4. The average Bonchev–Trinajstić information content (AvgIpc) is 2.77. The number of benzene rings is 2. The zero-order chi connectivity index (χ0) is 22.6. The zero-order valence-corrected chi connectivity index (χ0v) is 15.8. The van der Waals surface area contributed by atoms with Crippen LogP contribution < -0.4 is 4.74 Å². The molecule has 0 saturated carbocycles. The van der Waals surface area contributed by atoms with Crippen LogP contribution in [-0.4, -0.2) is 33.7 Å². The average molecular weight is 428 g/mol. The molecule has 3 rings (SSSR count). The van der Waals surface area contributed by atoms with Gasteiger partial charge >= 0.3 is 6.18 Å². The molecule has 0 amide bonds. The first-order chi connectivity index (χ1) is 14.7. The van der Waals surface area contributed by atoms with Gasteiger partial charge in [-0.05, 0) is 54.6 Å². The molecule has 3 aromatic rings. The molecule has 31 heavy (non-hydrogen) atoms. The van der Waals surface area contributed by atoms with Gasteiger partial charge in [0.25, 0.3) is 0 Å².